The molecule has 1 fully saturated rings. The lowest BCUT2D eigenvalue weighted by Crippen LogP contribution is -2.52. The Morgan fingerprint density at radius 2 is 1.84 bits per heavy atom. The molecule has 1 unspecified atom stereocenters. The van der Waals surface area contributed by atoms with Crippen molar-refractivity contribution in [3.05, 3.63) is 29.8 Å². The Balaban J connectivity index is 2.19. The molecule has 6 nitrogen and oxygen atoms in total. The van der Waals surface area contributed by atoms with Crippen LogP contribution in [-0.4, -0.2) is 72.9 Å². The predicted octanol–water partition coefficient (Wildman–Crippen LogP) is 1.77. The van der Waals surface area contributed by atoms with E-state index >= 15 is 0 Å². The molecule has 0 radical (unpaired) electrons. The molecule has 1 heterocycles. The van der Waals surface area contributed by atoms with Gasteiger partial charge in [0, 0.05) is 40.7 Å². The Bertz CT molecular complexity index is 598. The van der Waals surface area contributed by atoms with Crippen LogP contribution in [0.3, 0.4) is 0 Å². The van der Waals surface area contributed by atoms with Gasteiger partial charge in [0.05, 0.1) is 18.7 Å². The van der Waals surface area contributed by atoms with Crippen molar-refractivity contribution in [2.75, 3.05) is 40.3 Å². The molecule has 1 aliphatic rings. The minimum Gasteiger partial charge on any atom is -0.491 e. The van der Waals surface area contributed by atoms with E-state index in [9.17, 15) is 9.59 Å². The molecule has 1 aromatic carbocycles. The van der Waals surface area contributed by atoms with E-state index < -0.39 is 0 Å². The number of nitrogens with zero attached hydrogens (tertiary/aromatic N) is 3. The molecule has 0 aliphatic carbocycles. The van der Waals surface area contributed by atoms with Gasteiger partial charge in [-0.1, -0.05) is 12.1 Å². The fourth-order valence-corrected chi connectivity index (χ4v) is 2.97. The van der Waals surface area contributed by atoms with E-state index in [1.807, 2.05) is 43.0 Å². The van der Waals surface area contributed by atoms with Gasteiger partial charge >= 0.3 is 0 Å². The fourth-order valence-electron chi connectivity index (χ4n) is 2.97. The smallest absolute Gasteiger partial charge is 0.236 e. The molecule has 25 heavy (non-hydrogen) atoms. The van der Waals surface area contributed by atoms with Crippen LogP contribution in [0.5, 0.6) is 5.75 Å². The van der Waals surface area contributed by atoms with Crippen molar-refractivity contribution in [2.45, 2.75) is 32.9 Å². The van der Waals surface area contributed by atoms with Crippen molar-refractivity contribution >= 4 is 11.8 Å². The second-order valence-corrected chi connectivity index (χ2v) is 6.98. The van der Waals surface area contributed by atoms with Crippen LogP contribution in [0, 0.1) is 0 Å². The maximum absolute atomic E-state index is 12.2. The van der Waals surface area contributed by atoms with Crippen LogP contribution in [0.1, 0.15) is 32.4 Å². The van der Waals surface area contributed by atoms with Crippen molar-refractivity contribution in [1.29, 1.82) is 0 Å². The number of rotatable bonds is 5. The fraction of sp³-hybridized carbons (Fsp3) is 0.579. The normalized spacial score (nSPS) is 18.3. The van der Waals surface area contributed by atoms with E-state index in [0.29, 0.717) is 26.2 Å². The number of benzene rings is 1. The Kier molecular flexibility index (Phi) is 6.42. The second-order valence-electron chi connectivity index (χ2n) is 6.98. The van der Waals surface area contributed by atoms with Crippen LogP contribution in [0.15, 0.2) is 24.3 Å². The summed E-state index contributed by atoms with van der Waals surface area (Å²) in [5, 5.41) is 0. The summed E-state index contributed by atoms with van der Waals surface area (Å²) in [6.45, 7) is 7.88. The molecule has 0 aromatic heterocycles. The van der Waals surface area contributed by atoms with Gasteiger partial charge in [0.25, 0.3) is 0 Å². The van der Waals surface area contributed by atoms with Gasteiger partial charge < -0.3 is 14.5 Å². The number of hydrogen-bond acceptors (Lipinski definition) is 4. The maximum Gasteiger partial charge on any atom is 0.236 e. The highest BCUT2D eigenvalue weighted by atomic mass is 16.5. The van der Waals surface area contributed by atoms with Crippen molar-refractivity contribution in [3.63, 3.8) is 0 Å². The minimum absolute atomic E-state index is 0.00894. The van der Waals surface area contributed by atoms with Crippen LogP contribution in [0.2, 0.25) is 0 Å². The third kappa shape index (κ3) is 5.19. The summed E-state index contributed by atoms with van der Waals surface area (Å²) in [4.78, 5) is 29.6. The lowest BCUT2D eigenvalue weighted by Gasteiger charge is -2.41. The predicted molar refractivity (Wildman–Crippen MR) is 97.5 cm³/mol. The van der Waals surface area contributed by atoms with E-state index in [1.54, 1.807) is 25.9 Å². The molecule has 0 N–H and O–H groups in total. The van der Waals surface area contributed by atoms with Gasteiger partial charge in [-0.25, -0.2) is 0 Å². The number of likely N-dealkylation sites (N-methyl/N-ethyl adjacent to an activating group) is 1. The standard InChI is InChI=1S/C19H29N3O3/c1-14(2)25-17-8-6-16(7-9-17)18-12-21(15(3)23)10-11-22(18)13-19(24)20(4)5/h6-9,14,18H,10-13H2,1-5H3. The van der Waals surface area contributed by atoms with Gasteiger partial charge in [0.15, 0.2) is 0 Å². The van der Waals surface area contributed by atoms with Crippen molar-refractivity contribution in [3.8, 4) is 5.75 Å². The first-order chi connectivity index (χ1) is 11.8. The molecular weight excluding hydrogens is 318 g/mol. The molecule has 138 valence electrons. The monoisotopic (exact) mass is 347 g/mol. The molecule has 2 amide bonds. The molecule has 0 saturated carbocycles. The van der Waals surface area contributed by atoms with E-state index in [4.69, 9.17) is 4.74 Å². The topological polar surface area (TPSA) is 53.1 Å². The average Bonchev–Trinajstić information content (AvgIpc) is 2.55. The van der Waals surface area contributed by atoms with Crippen LogP contribution in [0.25, 0.3) is 0 Å². The van der Waals surface area contributed by atoms with E-state index in [-0.39, 0.29) is 24.0 Å². The van der Waals surface area contributed by atoms with Crippen LogP contribution in [0.4, 0.5) is 0 Å². The van der Waals surface area contributed by atoms with Gasteiger partial charge in [-0.3, -0.25) is 14.5 Å². The third-order valence-corrected chi connectivity index (χ3v) is 4.41. The molecule has 0 spiro atoms. The number of ether oxygens (including phenoxy) is 1. The van der Waals surface area contributed by atoms with Gasteiger partial charge in [-0.15, -0.1) is 0 Å². The highest BCUT2D eigenvalue weighted by molar-refractivity contribution is 5.78. The summed E-state index contributed by atoms with van der Waals surface area (Å²) in [5.74, 6) is 0.971. The summed E-state index contributed by atoms with van der Waals surface area (Å²) in [6.07, 6.45) is 0.128. The van der Waals surface area contributed by atoms with Crippen molar-refractivity contribution in [1.82, 2.24) is 14.7 Å². The molecule has 6 heteroatoms. The Hall–Kier alpha value is -2.08. The Labute approximate surface area is 150 Å². The Morgan fingerprint density at radius 1 is 1.20 bits per heavy atom. The van der Waals surface area contributed by atoms with E-state index in [1.165, 1.54) is 0 Å². The quantitative estimate of drug-likeness (QED) is 0.815. The van der Waals surface area contributed by atoms with E-state index in [0.717, 1.165) is 11.3 Å². The number of carbonyl (C=O) groups excluding carboxylic acids is 2. The number of amides is 2. The lowest BCUT2D eigenvalue weighted by atomic mass is 10.0. The van der Waals surface area contributed by atoms with Gasteiger partial charge in [0.1, 0.15) is 5.75 Å². The zero-order valence-corrected chi connectivity index (χ0v) is 15.9. The minimum atomic E-state index is 0.00894. The number of hydrogen-bond donors (Lipinski definition) is 0. The summed E-state index contributed by atoms with van der Waals surface area (Å²) < 4.78 is 5.70. The number of carbonyl (C=O) groups is 2. The molecule has 1 saturated heterocycles. The number of piperazine rings is 1. The zero-order chi connectivity index (χ0) is 18.6. The first kappa shape index (κ1) is 19.2. The molecule has 0 bridgehead atoms. The summed E-state index contributed by atoms with van der Waals surface area (Å²) in [5.41, 5.74) is 1.09. The van der Waals surface area contributed by atoms with Gasteiger partial charge in [-0.05, 0) is 31.5 Å². The largest absolute Gasteiger partial charge is 0.491 e. The lowest BCUT2D eigenvalue weighted by molar-refractivity contribution is -0.134. The van der Waals surface area contributed by atoms with Crippen molar-refractivity contribution in [2.24, 2.45) is 0 Å². The zero-order valence-electron chi connectivity index (χ0n) is 15.9. The summed E-state index contributed by atoms with van der Waals surface area (Å²) >= 11 is 0. The second kappa shape index (κ2) is 8.34. The molecule has 1 aromatic rings. The molecule has 1 atom stereocenters. The maximum atomic E-state index is 12.2. The van der Waals surface area contributed by atoms with Crippen LogP contribution >= 0.6 is 0 Å². The highest BCUT2D eigenvalue weighted by Crippen LogP contribution is 2.27. The summed E-state index contributed by atoms with van der Waals surface area (Å²) in [7, 11) is 3.53. The first-order valence-electron chi connectivity index (χ1n) is 8.74. The highest BCUT2D eigenvalue weighted by Gasteiger charge is 2.30. The van der Waals surface area contributed by atoms with Gasteiger partial charge in [0.2, 0.25) is 11.8 Å². The molecular formula is C19H29N3O3. The van der Waals surface area contributed by atoms with Crippen LogP contribution in [-0.2, 0) is 9.59 Å². The Morgan fingerprint density at radius 3 is 2.36 bits per heavy atom. The molecule has 2 rings (SSSR count). The molecule has 1 aliphatic heterocycles. The van der Waals surface area contributed by atoms with E-state index in [2.05, 4.69) is 4.90 Å². The van der Waals surface area contributed by atoms with Crippen LogP contribution < -0.4 is 4.74 Å². The third-order valence-electron chi connectivity index (χ3n) is 4.41. The SMILES string of the molecule is CC(=O)N1CCN(CC(=O)N(C)C)C(c2ccc(OC(C)C)cc2)C1. The summed E-state index contributed by atoms with van der Waals surface area (Å²) in [6, 6.07) is 7.97. The van der Waals surface area contributed by atoms with Crippen molar-refractivity contribution < 1.29 is 14.3 Å². The van der Waals surface area contributed by atoms with Gasteiger partial charge in [-0.2, -0.15) is 0 Å². The average molecular weight is 347 g/mol. The first-order valence-corrected chi connectivity index (χ1v) is 8.74.